The fraction of sp³-hybridized carbons (Fsp3) is 0.184. The molecule has 0 amide bonds. The van der Waals surface area contributed by atoms with Gasteiger partial charge in [0.25, 0.3) is 0 Å². The Bertz CT molecular complexity index is 2340. The monoisotopic (exact) mass is 791 g/mol. The van der Waals surface area contributed by atoms with Gasteiger partial charge >= 0.3 is 26.2 Å². The Balaban J connectivity index is 0.00000174. The van der Waals surface area contributed by atoms with Crippen LogP contribution in [-0.4, -0.2) is 0 Å². The van der Waals surface area contributed by atoms with E-state index in [2.05, 4.69) is 193 Å². The van der Waals surface area contributed by atoms with Gasteiger partial charge in [0.2, 0.25) is 0 Å². The third-order valence-corrected chi connectivity index (χ3v) is 10.3. The normalized spacial score (nSPS) is 13.8. The number of halogens is 2. The Morgan fingerprint density at radius 2 is 1.17 bits per heavy atom. The summed E-state index contributed by atoms with van der Waals surface area (Å²) >= 11 is 0. The zero-order valence-electron chi connectivity index (χ0n) is 30.7. The molecule has 52 heavy (non-hydrogen) atoms. The first-order valence-electron chi connectivity index (χ1n) is 17.6. The molecule has 0 nitrogen and oxygen atoms in total. The summed E-state index contributed by atoms with van der Waals surface area (Å²) in [5.74, 6) is 0.0956. The molecule has 257 valence electrons. The third-order valence-electron chi connectivity index (χ3n) is 10.3. The zero-order valence-corrected chi connectivity index (χ0v) is 34.7. The molecular formula is C49H43Cl2Zr. The van der Waals surface area contributed by atoms with E-state index in [1.807, 2.05) is 0 Å². The second-order valence-corrected chi connectivity index (χ2v) is 15.6. The van der Waals surface area contributed by atoms with Crippen LogP contribution in [0.4, 0.5) is 0 Å². The Labute approximate surface area is 341 Å². The van der Waals surface area contributed by atoms with Crippen LogP contribution in [0.2, 0.25) is 0 Å². The molecule has 6 aromatic rings. The summed E-state index contributed by atoms with van der Waals surface area (Å²) in [5.41, 5.74) is 16.7. The van der Waals surface area contributed by atoms with E-state index in [1.54, 1.807) is 0 Å². The maximum Gasteiger partial charge on any atom is 3.00 e. The van der Waals surface area contributed by atoms with Gasteiger partial charge in [-0.1, -0.05) is 198 Å². The Morgan fingerprint density at radius 3 is 1.75 bits per heavy atom. The largest absolute Gasteiger partial charge is 3.00 e. The summed E-state index contributed by atoms with van der Waals surface area (Å²) in [7, 11) is 0. The predicted molar refractivity (Wildman–Crippen MR) is 208 cm³/mol. The van der Waals surface area contributed by atoms with Crippen LogP contribution in [0.15, 0.2) is 140 Å². The Hall–Kier alpha value is -3.74. The Kier molecular flexibility index (Phi) is 11.6. The van der Waals surface area contributed by atoms with Gasteiger partial charge in [-0.25, -0.2) is 0 Å². The number of benzene rings is 6. The van der Waals surface area contributed by atoms with E-state index in [0.29, 0.717) is 0 Å². The number of hydrogen-bond acceptors (Lipinski definition) is 0. The Morgan fingerprint density at radius 1 is 0.577 bits per heavy atom. The summed E-state index contributed by atoms with van der Waals surface area (Å²) in [4.78, 5) is 0. The molecule has 0 N–H and O–H groups in total. The van der Waals surface area contributed by atoms with Gasteiger partial charge in [-0.15, -0.1) is 34.1 Å². The summed E-state index contributed by atoms with van der Waals surface area (Å²) in [6, 6.07) is 49.1. The summed E-state index contributed by atoms with van der Waals surface area (Å²) in [5, 5.41) is 2.54. The van der Waals surface area contributed by atoms with E-state index in [4.69, 9.17) is 0 Å². The first-order valence-corrected chi connectivity index (χ1v) is 17.6. The first-order chi connectivity index (χ1) is 23.6. The molecule has 0 aliphatic heterocycles. The van der Waals surface area contributed by atoms with Gasteiger partial charge in [-0.05, 0) is 55.0 Å². The molecule has 0 aromatic heterocycles. The van der Waals surface area contributed by atoms with Crippen molar-refractivity contribution in [3.05, 3.63) is 194 Å². The minimum atomic E-state index is -0.158. The van der Waals surface area contributed by atoms with Crippen LogP contribution in [0, 0.1) is 0 Å². The summed E-state index contributed by atoms with van der Waals surface area (Å²) < 4.78 is 0. The van der Waals surface area contributed by atoms with Gasteiger partial charge in [-0.3, -0.25) is 0 Å². The minimum Gasteiger partial charge on any atom is -1.00 e. The second kappa shape index (κ2) is 15.3. The maximum absolute atomic E-state index is 4.03. The van der Waals surface area contributed by atoms with Crippen molar-refractivity contribution in [3.63, 3.8) is 0 Å². The van der Waals surface area contributed by atoms with Gasteiger partial charge in [0.05, 0.1) is 0 Å². The predicted octanol–water partition coefficient (Wildman–Crippen LogP) is 5.05. The van der Waals surface area contributed by atoms with Gasteiger partial charge in [0.1, 0.15) is 0 Å². The molecule has 1 unspecified atom stereocenters. The summed E-state index contributed by atoms with van der Waals surface area (Å²) in [6.07, 6.45) is 8.84. The first kappa shape index (κ1) is 39.5. The van der Waals surface area contributed by atoms with E-state index in [1.165, 1.54) is 82.8 Å². The van der Waals surface area contributed by atoms with E-state index in [9.17, 15) is 0 Å². The second-order valence-electron chi connectivity index (χ2n) is 15.6. The van der Waals surface area contributed by atoms with Crippen molar-refractivity contribution < 1.29 is 51.0 Å². The van der Waals surface area contributed by atoms with Crippen molar-refractivity contribution in [1.29, 1.82) is 0 Å². The van der Waals surface area contributed by atoms with E-state index in [0.717, 1.165) is 0 Å². The van der Waals surface area contributed by atoms with Crippen molar-refractivity contribution in [2.75, 3.05) is 0 Å². The van der Waals surface area contributed by atoms with Crippen LogP contribution in [0.3, 0.4) is 0 Å². The topological polar surface area (TPSA) is 0 Å². The molecule has 6 aromatic carbocycles. The average molecular weight is 794 g/mol. The van der Waals surface area contributed by atoms with Crippen LogP contribution in [0.1, 0.15) is 92.0 Å². The molecule has 3 heteroatoms. The minimum absolute atomic E-state index is 0. The maximum atomic E-state index is 4.03. The van der Waals surface area contributed by atoms with Crippen molar-refractivity contribution in [3.8, 4) is 22.3 Å². The standard InChI is InChI=1S/C49H43.2ClH.Zr/c1-48(2,3)36-25-26-38-35(29-36)30-43-42(38)31-44(45(33-19-12-8-13-20-33)34-21-14-9-15-22-34)47(49(4,5)6)46(43)41-28-27-40-37(23-16-24-39(40)41)32-17-10-7-11-18-32;;;/h7-29,31,41H,1-6H3;2*1H;/q-1;;;+3/p-2. The summed E-state index contributed by atoms with van der Waals surface area (Å²) in [6.45, 7) is 14.0. The smallest absolute Gasteiger partial charge is 1.00 e. The molecular weight excluding hydrogens is 751 g/mol. The molecule has 0 fully saturated rings. The van der Waals surface area contributed by atoms with E-state index >= 15 is 0 Å². The van der Waals surface area contributed by atoms with Crippen molar-refractivity contribution in [2.24, 2.45) is 0 Å². The molecule has 0 saturated carbocycles. The molecule has 0 spiro atoms. The molecule has 1 radical (unpaired) electrons. The van der Waals surface area contributed by atoms with Gasteiger partial charge in [-0.2, -0.15) is 0 Å². The van der Waals surface area contributed by atoms with Gasteiger partial charge in [0.15, 0.2) is 0 Å². The number of rotatable bonds is 4. The zero-order chi connectivity index (χ0) is 33.9. The van der Waals surface area contributed by atoms with Gasteiger partial charge in [0, 0.05) is 5.92 Å². The van der Waals surface area contributed by atoms with E-state index in [-0.39, 0.29) is 67.8 Å². The molecule has 2 aliphatic carbocycles. The van der Waals surface area contributed by atoms with E-state index < -0.39 is 0 Å². The fourth-order valence-corrected chi connectivity index (χ4v) is 8.00. The molecule has 0 saturated heterocycles. The number of allylic oxidation sites excluding steroid dienone is 1. The van der Waals surface area contributed by atoms with Crippen LogP contribution in [0.5, 0.6) is 0 Å². The van der Waals surface area contributed by atoms with Crippen molar-refractivity contribution >= 4 is 17.7 Å². The quantitative estimate of drug-likeness (QED) is 0.219. The van der Waals surface area contributed by atoms with Crippen LogP contribution in [0.25, 0.3) is 40.0 Å². The number of hydrogen-bond donors (Lipinski definition) is 0. The number of fused-ring (bicyclic) bond motifs is 4. The van der Waals surface area contributed by atoms with Crippen LogP contribution >= 0.6 is 0 Å². The van der Waals surface area contributed by atoms with Gasteiger partial charge < -0.3 is 24.8 Å². The fourth-order valence-electron chi connectivity index (χ4n) is 8.00. The molecule has 2 aliphatic rings. The SMILES string of the molecule is CC(C)(C)c1ccc2c(c1)[C-]=c1c-2cc(=C(c2ccccc2)c2ccccc2)c(C(C)(C)C)c1C1C=Cc2c(-c3ccccc3)cccc21.[Cl-].[Cl-].[Zr+3]. The van der Waals surface area contributed by atoms with Crippen LogP contribution in [-0.2, 0) is 37.0 Å². The third kappa shape index (κ3) is 7.01. The van der Waals surface area contributed by atoms with Crippen molar-refractivity contribution in [1.82, 2.24) is 0 Å². The van der Waals surface area contributed by atoms with Crippen LogP contribution < -0.4 is 35.3 Å². The molecule has 8 rings (SSSR count). The molecule has 0 heterocycles. The van der Waals surface area contributed by atoms with Crippen molar-refractivity contribution in [2.45, 2.75) is 58.3 Å². The molecule has 0 bridgehead atoms. The average Bonchev–Trinajstić information content (AvgIpc) is 3.70. The molecule has 1 atom stereocenters.